The molecule has 6 nitrogen and oxygen atoms in total. The Kier molecular flexibility index (Phi) is 7.79. The molecule has 0 aliphatic rings. The SMILES string of the molecule is O=C(O)C(CCCO)c1ccc(CCNS(=O)(=O)c2ccc(Cl)cc2)cc1. The standard InChI is InChI=1S/C19H22ClNO5S/c20-16-7-9-17(10-8-16)27(25,26)21-12-11-14-3-5-15(6-4-14)18(19(23)24)2-1-13-22/h3-10,18,21-22H,1-2,11-13H2,(H,23,24). The Morgan fingerprint density at radius 1 is 1.07 bits per heavy atom. The summed E-state index contributed by atoms with van der Waals surface area (Å²) in [4.78, 5) is 11.5. The minimum Gasteiger partial charge on any atom is -0.481 e. The van der Waals surface area contributed by atoms with Crippen LogP contribution in [0.2, 0.25) is 5.02 Å². The molecule has 0 fully saturated rings. The lowest BCUT2D eigenvalue weighted by molar-refractivity contribution is -0.139. The Morgan fingerprint density at radius 2 is 1.70 bits per heavy atom. The van der Waals surface area contributed by atoms with Crippen LogP contribution < -0.4 is 4.72 Å². The summed E-state index contributed by atoms with van der Waals surface area (Å²) in [7, 11) is -3.60. The molecule has 8 heteroatoms. The molecule has 0 heterocycles. The molecule has 0 bridgehead atoms. The number of aliphatic hydroxyl groups excluding tert-OH is 1. The number of sulfonamides is 1. The second-order valence-electron chi connectivity index (χ2n) is 6.10. The minimum atomic E-state index is -3.60. The maximum absolute atomic E-state index is 12.2. The highest BCUT2D eigenvalue weighted by Crippen LogP contribution is 2.22. The van der Waals surface area contributed by atoms with Gasteiger partial charge in [-0.25, -0.2) is 13.1 Å². The lowest BCUT2D eigenvalue weighted by Crippen LogP contribution is -2.26. The summed E-state index contributed by atoms with van der Waals surface area (Å²) in [6, 6.07) is 13.0. The predicted octanol–water partition coefficient (Wildman–Crippen LogP) is 2.80. The summed E-state index contributed by atoms with van der Waals surface area (Å²) in [5.41, 5.74) is 1.56. The van der Waals surface area contributed by atoms with E-state index < -0.39 is 21.9 Å². The van der Waals surface area contributed by atoms with E-state index in [0.29, 0.717) is 29.8 Å². The Labute approximate surface area is 163 Å². The van der Waals surface area contributed by atoms with E-state index in [0.717, 1.165) is 5.56 Å². The number of aliphatic hydroxyl groups is 1. The van der Waals surface area contributed by atoms with Crippen molar-refractivity contribution in [3.05, 3.63) is 64.7 Å². The van der Waals surface area contributed by atoms with Crippen LogP contribution in [-0.4, -0.2) is 37.8 Å². The van der Waals surface area contributed by atoms with Crippen molar-refractivity contribution in [2.75, 3.05) is 13.2 Å². The first-order valence-electron chi connectivity index (χ1n) is 8.51. The van der Waals surface area contributed by atoms with Gasteiger partial charge in [-0.3, -0.25) is 4.79 Å². The molecule has 2 aromatic carbocycles. The highest BCUT2D eigenvalue weighted by atomic mass is 35.5. The summed E-state index contributed by atoms with van der Waals surface area (Å²) in [6.07, 6.45) is 1.26. The van der Waals surface area contributed by atoms with Crippen LogP contribution >= 0.6 is 11.6 Å². The van der Waals surface area contributed by atoms with Gasteiger partial charge in [0.2, 0.25) is 10.0 Å². The minimum absolute atomic E-state index is 0.0460. The number of carboxylic acid groups (broad SMARTS) is 1. The number of hydrogen-bond acceptors (Lipinski definition) is 4. The van der Waals surface area contributed by atoms with E-state index in [1.807, 2.05) is 0 Å². The number of benzene rings is 2. The van der Waals surface area contributed by atoms with Gasteiger partial charge in [-0.1, -0.05) is 35.9 Å². The predicted molar refractivity (Wildman–Crippen MR) is 103 cm³/mol. The Bertz CT molecular complexity index is 851. The summed E-state index contributed by atoms with van der Waals surface area (Å²) < 4.78 is 27.0. The van der Waals surface area contributed by atoms with Crippen molar-refractivity contribution in [2.45, 2.75) is 30.1 Å². The van der Waals surface area contributed by atoms with E-state index in [2.05, 4.69) is 4.72 Å². The fraction of sp³-hybridized carbons (Fsp3) is 0.316. The average Bonchev–Trinajstić information content (AvgIpc) is 2.63. The van der Waals surface area contributed by atoms with Gasteiger partial charge in [-0.15, -0.1) is 0 Å². The molecular weight excluding hydrogens is 390 g/mol. The highest BCUT2D eigenvalue weighted by molar-refractivity contribution is 7.89. The Hall–Kier alpha value is -1.93. The number of hydrogen-bond donors (Lipinski definition) is 3. The van der Waals surface area contributed by atoms with Gasteiger partial charge in [-0.05, 0) is 54.7 Å². The summed E-state index contributed by atoms with van der Waals surface area (Å²) in [5, 5.41) is 18.7. The number of halogens is 1. The van der Waals surface area contributed by atoms with Gasteiger partial charge in [0.05, 0.1) is 10.8 Å². The number of carboxylic acids is 1. The van der Waals surface area contributed by atoms with E-state index in [4.69, 9.17) is 16.7 Å². The molecule has 3 N–H and O–H groups in total. The second kappa shape index (κ2) is 9.85. The van der Waals surface area contributed by atoms with Crippen molar-refractivity contribution >= 4 is 27.6 Å². The van der Waals surface area contributed by atoms with Crippen molar-refractivity contribution in [1.82, 2.24) is 4.72 Å². The zero-order chi connectivity index (χ0) is 19.9. The average molecular weight is 412 g/mol. The lowest BCUT2D eigenvalue weighted by Gasteiger charge is -2.13. The van der Waals surface area contributed by atoms with Gasteiger partial charge in [0, 0.05) is 18.2 Å². The normalized spacial score (nSPS) is 12.7. The fourth-order valence-corrected chi connectivity index (χ4v) is 3.83. The largest absolute Gasteiger partial charge is 0.481 e. The highest BCUT2D eigenvalue weighted by Gasteiger charge is 2.19. The summed E-state index contributed by atoms with van der Waals surface area (Å²) in [5.74, 6) is -1.58. The Morgan fingerprint density at radius 3 is 2.26 bits per heavy atom. The quantitative estimate of drug-likeness (QED) is 0.557. The van der Waals surface area contributed by atoms with Crippen LogP contribution in [-0.2, 0) is 21.2 Å². The monoisotopic (exact) mass is 411 g/mol. The van der Waals surface area contributed by atoms with Crippen LogP contribution in [0.3, 0.4) is 0 Å². The second-order valence-corrected chi connectivity index (χ2v) is 8.30. The van der Waals surface area contributed by atoms with Gasteiger partial charge in [-0.2, -0.15) is 0 Å². The first-order valence-corrected chi connectivity index (χ1v) is 10.4. The van der Waals surface area contributed by atoms with Gasteiger partial charge >= 0.3 is 5.97 Å². The van der Waals surface area contributed by atoms with Crippen LogP contribution in [0.15, 0.2) is 53.4 Å². The molecular formula is C19H22ClNO5S. The number of carbonyl (C=O) groups is 1. The zero-order valence-electron chi connectivity index (χ0n) is 14.6. The fourth-order valence-electron chi connectivity index (χ4n) is 2.67. The van der Waals surface area contributed by atoms with Gasteiger partial charge < -0.3 is 10.2 Å². The van der Waals surface area contributed by atoms with Crippen LogP contribution in [0.4, 0.5) is 0 Å². The van der Waals surface area contributed by atoms with Crippen molar-refractivity contribution in [3.63, 3.8) is 0 Å². The third-order valence-corrected chi connectivity index (χ3v) is 5.89. The smallest absolute Gasteiger partial charge is 0.310 e. The number of nitrogens with one attached hydrogen (secondary N) is 1. The molecule has 0 aliphatic heterocycles. The third kappa shape index (κ3) is 6.32. The molecule has 0 spiro atoms. The first-order chi connectivity index (χ1) is 12.8. The van der Waals surface area contributed by atoms with E-state index >= 15 is 0 Å². The molecule has 0 saturated carbocycles. The summed E-state index contributed by atoms with van der Waals surface area (Å²) in [6.45, 7) is 0.173. The van der Waals surface area contributed by atoms with E-state index in [-0.39, 0.29) is 18.0 Å². The molecule has 0 aliphatic carbocycles. The number of aliphatic carboxylic acids is 1. The topological polar surface area (TPSA) is 104 Å². The molecule has 0 aromatic heterocycles. The molecule has 2 aromatic rings. The maximum atomic E-state index is 12.2. The van der Waals surface area contributed by atoms with Crippen molar-refractivity contribution in [3.8, 4) is 0 Å². The van der Waals surface area contributed by atoms with Crippen LogP contribution in [0.5, 0.6) is 0 Å². The van der Waals surface area contributed by atoms with Crippen molar-refractivity contribution < 1.29 is 23.4 Å². The van der Waals surface area contributed by atoms with Crippen molar-refractivity contribution in [2.24, 2.45) is 0 Å². The third-order valence-electron chi connectivity index (χ3n) is 4.16. The number of rotatable bonds is 10. The van der Waals surface area contributed by atoms with Gasteiger partial charge in [0.15, 0.2) is 0 Å². The van der Waals surface area contributed by atoms with Crippen LogP contribution in [0.1, 0.15) is 29.9 Å². The molecule has 27 heavy (non-hydrogen) atoms. The Balaban J connectivity index is 1.94. The molecule has 0 radical (unpaired) electrons. The molecule has 0 amide bonds. The van der Waals surface area contributed by atoms with E-state index in [1.165, 1.54) is 24.3 Å². The lowest BCUT2D eigenvalue weighted by atomic mass is 9.93. The molecule has 2 rings (SSSR count). The zero-order valence-corrected chi connectivity index (χ0v) is 16.2. The summed E-state index contributed by atoms with van der Waals surface area (Å²) >= 11 is 5.76. The molecule has 0 saturated heterocycles. The van der Waals surface area contributed by atoms with Crippen LogP contribution in [0, 0.1) is 0 Å². The van der Waals surface area contributed by atoms with E-state index in [1.54, 1.807) is 24.3 Å². The molecule has 1 unspecified atom stereocenters. The first kappa shape index (κ1) is 21.4. The van der Waals surface area contributed by atoms with Crippen LogP contribution in [0.25, 0.3) is 0 Å². The van der Waals surface area contributed by atoms with Gasteiger partial charge in [0.1, 0.15) is 0 Å². The van der Waals surface area contributed by atoms with E-state index in [9.17, 15) is 18.3 Å². The molecule has 1 atom stereocenters. The van der Waals surface area contributed by atoms with Crippen molar-refractivity contribution in [1.29, 1.82) is 0 Å². The van der Waals surface area contributed by atoms with Gasteiger partial charge in [0.25, 0.3) is 0 Å². The molecule has 146 valence electrons. The maximum Gasteiger partial charge on any atom is 0.310 e.